The molecule has 1 rings (SSSR count). The van der Waals surface area contributed by atoms with Crippen LogP contribution in [0.25, 0.3) is 0 Å². The molecular formula is C11H14FNO3. The predicted octanol–water partition coefficient (Wildman–Crippen LogP) is 1.18. The topological polar surface area (TPSA) is 72.5 Å². The monoisotopic (exact) mass is 227 g/mol. The summed E-state index contributed by atoms with van der Waals surface area (Å²) in [4.78, 5) is 10.5. The van der Waals surface area contributed by atoms with Gasteiger partial charge in [0.15, 0.2) is 11.6 Å². The molecule has 0 aliphatic rings. The second kappa shape index (κ2) is 5.46. The van der Waals surface area contributed by atoms with Crippen molar-refractivity contribution in [1.29, 1.82) is 0 Å². The van der Waals surface area contributed by atoms with E-state index >= 15 is 0 Å². The van der Waals surface area contributed by atoms with Gasteiger partial charge in [-0.15, -0.1) is 0 Å². The lowest BCUT2D eigenvalue weighted by molar-refractivity contribution is -0.138. The Kier molecular flexibility index (Phi) is 4.25. The van der Waals surface area contributed by atoms with Crippen molar-refractivity contribution in [2.75, 3.05) is 6.61 Å². The molecular weight excluding hydrogens is 213 g/mol. The maximum absolute atomic E-state index is 13.4. The maximum atomic E-state index is 13.4. The van der Waals surface area contributed by atoms with Crippen molar-refractivity contribution in [2.24, 2.45) is 5.73 Å². The van der Waals surface area contributed by atoms with E-state index < -0.39 is 17.8 Å². The van der Waals surface area contributed by atoms with E-state index in [4.69, 9.17) is 15.6 Å². The number of halogens is 1. The smallest absolute Gasteiger partial charge is 0.320 e. The minimum atomic E-state index is -1.10. The van der Waals surface area contributed by atoms with E-state index in [0.29, 0.717) is 12.2 Å². The highest BCUT2D eigenvalue weighted by Crippen LogP contribution is 2.18. The standard InChI is InChI=1S/C11H14FNO3/c1-2-16-10-4-3-7(5-8(10)12)6-9(13)11(14)15/h3-5,9H,2,6,13H2,1H3,(H,14,15). The largest absolute Gasteiger partial charge is 0.491 e. The van der Waals surface area contributed by atoms with E-state index in [1.807, 2.05) is 0 Å². The fourth-order valence-electron chi connectivity index (χ4n) is 1.29. The highest BCUT2D eigenvalue weighted by atomic mass is 19.1. The molecule has 1 aromatic carbocycles. The fraction of sp³-hybridized carbons (Fsp3) is 0.364. The van der Waals surface area contributed by atoms with E-state index in [9.17, 15) is 9.18 Å². The molecule has 0 amide bonds. The summed E-state index contributed by atoms with van der Waals surface area (Å²) in [5.41, 5.74) is 5.88. The van der Waals surface area contributed by atoms with Crippen LogP contribution in [0.4, 0.5) is 4.39 Å². The summed E-state index contributed by atoms with van der Waals surface area (Å²) in [6, 6.07) is 3.31. The van der Waals surface area contributed by atoms with Crippen LogP contribution in [0.3, 0.4) is 0 Å². The lowest BCUT2D eigenvalue weighted by atomic mass is 10.1. The zero-order valence-electron chi connectivity index (χ0n) is 8.94. The summed E-state index contributed by atoms with van der Waals surface area (Å²) in [6.07, 6.45) is 0.0959. The van der Waals surface area contributed by atoms with Crippen LogP contribution in [-0.2, 0) is 11.2 Å². The van der Waals surface area contributed by atoms with Gasteiger partial charge in [0.05, 0.1) is 6.61 Å². The van der Waals surface area contributed by atoms with Crippen LogP contribution in [0.5, 0.6) is 5.75 Å². The number of hydrogen-bond donors (Lipinski definition) is 2. The summed E-state index contributed by atoms with van der Waals surface area (Å²) in [6.45, 7) is 2.14. The first-order chi connectivity index (χ1) is 7.54. The zero-order chi connectivity index (χ0) is 12.1. The van der Waals surface area contributed by atoms with Gasteiger partial charge in [0.25, 0.3) is 0 Å². The molecule has 0 saturated heterocycles. The van der Waals surface area contributed by atoms with Crippen molar-refractivity contribution in [3.05, 3.63) is 29.6 Å². The average molecular weight is 227 g/mol. The first-order valence-electron chi connectivity index (χ1n) is 4.94. The Morgan fingerprint density at radius 3 is 2.81 bits per heavy atom. The number of ether oxygens (including phenoxy) is 1. The first-order valence-corrected chi connectivity index (χ1v) is 4.94. The fourth-order valence-corrected chi connectivity index (χ4v) is 1.29. The lowest BCUT2D eigenvalue weighted by Crippen LogP contribution is -2.32. The van der Waals surface area contributed by atoms with Gasteiger partial charge in [0.1, 0.15) is 6.04 Å². The molecule has 0 spiro atoms. The minimum Gasteiger partial charge on any atom is -0.491 e. The van der Waals surface area contributed by atoms with Crippen molar-refractivity contribution in [3.63, 3.8) is 0 Å². The van der Waals surface area contributed by atoms with Gasteiger partial charge in [-0.1, -0.05) is 6.07 Å². The Balaban J connectivity index is 2.77. The number of benzene rings is 1. The Bertz CT molecular complexity index is 381. The molecule has 0 bridgehead atoms. The normalized spacial score (nSPS) is 12.2. The van der Waals surface area contributed by atoms with Crippen LogP contribution >= 0.6 is 0 Å². The van der Waals surface area contributed by atoms with Crippen molar-refractivity contribution < 1.29 is 19.0 Å². The van der Waals surface area contributed by atoms with Crippen molar-refractivity contribution in [2.45, 2.75) is 19.4 Å². The minimum absolute atomic E-state index is 0.0959. The third-order valence-electron chi connectivity index (χ3n) is 2.07. The molecule has 16 heavy (non-hydrogen) atoms. The molecule has 0 saturated carbocycles. The summed E-state index contributed by atoms with van der Waals surface area (Å²) < 4.78 is 18.4. The van der Waals surface area contributed by atoms with Crippen LogP contribution < -0.4 is 10.5 Å². The number of carboxylic acid groups (broad SMARTS) is 1. The van der Waals surface area contributed by atoms with E-state index in [1.165, 1.54) is 12.1 Å². The number of nitrogens with two attached hydrogens (primary N) is 1. The molecule has 5 heteroatoms. The number of hydrogen-bond acceptors (Lipinski definition) is 3. The molecule has 0 radical (unpaired) electrons. The Hall–Kier alpha value is -1.62. The Morgan fingerprint density at radius 1 is 1.62 bits per heavy atom. The van der Waals surface area contributed by atoms with Gasteiger partial charge < -0.3 is 15.6 Å². The molecule has 0 aliphatic carbocycles. The second-order valence-electron chi connectivity index (χ2n) is 3.35. The van der Waals surface area contributed by atoms with E-state index in [-0.39, 0.29) is 12.2 Å². The summed E-state index contributed by atoms with van der Waals surface area (Å²) in [5.74, 6) is -1.44. The summed E-state index contributed by atoms with van der Waals surface area (Å²) in [5, 5.41) is 8.61. The van der Waals surface area contributed by atoms with E-state index in [0.717, 1.165) is 0 Å². The van der Waals surface area contributed by atoms with Gasteiger partial charge in [-0.25, -0.2) is 4.39 Å². The summed E-state index contributed by atoms with van der Waals surface area (Å²) >= 11 is 0. The average Bonchev–Trinajstić information content (AvgIpc) is 2.22. The second-order valence-corrected chi connectivity index (χ2v) is 3.35. The van der Waals surface area contributed by atoms with E-state index in [2.05, 4.69) is 0 Å². The Morgan fingerprint density at radius 2 is 2.31 bits per heavy atom. The van der Waals surface area contributed by atoms with Gasteiger partial charge >= 0.3 is 5.97 Å². The summed E-state index contributed by atoms with van der Waals surface area (Å²) in [7, 11) is 0. The molecule has 1 atom stereocenters. The highest BCUT2D eigenvalue weighted by Gasteiger charge is 2.13. The molecule has 0 fully saturated rings. The third-order valence-corrected chi connectivity index (χ3v) is 2.07. The quantitative estimate of drug-likeness (QED) is 0.792. The zero-order valence-corrected chi connectivity index (χ0v) is 8.94. The van der Waals surface area contributed by atoms with Crippen LogP contribution in [-0.4, -0.2) is 23.7 Å². The Labute approximate surface area is 92.8 Å². The highest BCUT2D eigenvalue weighted by molar-refractivity contribution is 5.73. The molecule has 88 valence electrons. The molecule has 4 nitrogen and oxygen atoms in total. The molecule has 1 aromatic rings. The van der Waals surface area contributed by atoms with Gasteiger partial charge in [0.2, 0.25) is 0 Å². The van der Waals surface area contributed by atoms with Gasteiger partial charge in [-0.2, -0.15) is 0 Å². The van der Waals surface area contributed by atoms with Crippen LogP contribution in [0.15, 0.2) is 18.2 Å². The number of carbonyl (C=O) groups is 1. The molecule has 3 N–H and O–H groups in total. The third kappa shape index (κ3) is 3.20. The van der Waals surface area contributed by atoms with Gasteiger partial charge in [-0.05, 0) is 31.0 Å². The SMILES string of the molecule is CCOc1ccc(CC(N)C(=O)O)cc1F. The van der Waals surface area contributed by atoms with Crippen LogP contribution in [0.2, 0.25) is 0 Å². The van der Waals surface area contributed by atoms with Gasteiger partial charge in [-0.3, -0.25) is 4.79 Å². The molecule has 0 aliphatic heterocycles. The van der Waals surface area contributed by atoms with Crippen molar-refractivity contribution in [3.8, 4) is 5.75 Å². The van der Waals surface area contributed by atoms with Gasteiger partial charge in [0, 0.05) is 0 Å². The number of aliphatic carboxylic acids is 1. The predicted molar refractivity (Wildman–Crippen MR) is 56.9 cm³/mol. The maximum Gasteiger partial charge on any atom is 0.320 e. The first kappa shape index (κ1) is 12.4. The van der Waals surface area contributed by atoms with Crippen molar-refractivity contribution in [1.82, 2.24) is 0 Å². The molecule has 0 aromatic heterocycles. The number of carboxylic acids is 1. The van der Waals surface area contributed by atoms with Crippen molar-refractivity contribution >= 4 is 5.97 Å². The van der Waals surface area contributed by atoms with Crippen LogP contribution in [0, 0.1) is 5.82 Å². The lowest BCUT2D eigenvalue weighted by Gasteiger charge is -2.09. The van der Waals surface area contributed by atoms with Crippen LogP contribution in [0.1, 0.15) is 12.5 Å². The molecule has 0 heterocycles. The van der Waals surface area contributed by atoms with E-state index in [1.54, 1.807) is 13.0 Å². The molecule has 1 unspecified atom stereocenters. The number of rotatable bonds is 5.